The molecule has 2 aliphatic heterocycles. The molecule has 158 valence electrons. The summed E-state index contributed by atoms with van der Waals surface area (Å²) in [5.41, 5.74) is 2.47. The summed E-state index contributed by atoms with van der Waals surface area (Å²) in [6, 6.07) is 10.9. The van der Waals surface area contributed by atoms with Gasteiger partial charge in [0.1, 0.15) is 17.2 Å². The number of thioether (sulfide) groups is 1. The number of hydrogen-bond acceptors (Lipinski definition) is 6. The Balaban J connectivity index is 1.44. The summed E-state index contributed by atoms with van der Waals surface area (Å²) in [5.74, 6) is 1.98. The number of benzene rings is 2. The molecule has 4 rings (SSSR count). The Labute approximate surface area is 179 Å². The molecule has 0 bridgehead atoms. The van der Waals surface area contributed by atoms with Crippen molar-refractivity contribution in [3.8, 4) is 17.2 Å². The molecule has 1 unspecified atom stereocenters. The van der Waals surface area contributed by atoms with Crippen LogP contribution in [0.2, 0.25) is 0 Å². The van der Waals surface area contributed by atoms with Crippen molar-refractivity contribution < 1.29 is 23.8 Å². The number of nitrogens with one attached hydrogen (secondary N) is 1. The van der Waals surface area contributed by atoms with Crippen LogP contribution in [-0.4, -0.2) is 56.4 Å². The van der Waals surface area contributed by atoms with Crippen LogP contribution < -0.4 is 19.5 Å². The first-order valence-electron chi connectivity index (χ1n) is 9.68. The number of fused-ring (bicyclic) bond motifs is 3. The average molecular weight is 429 g/mol. The lowest BCUT2D eigenvalue weighted by molar-refractivity contribution is -0.124. The lowest BCUT2D eigenvalue weighted by atomic mass is 10.1. The molecule has 7 nitrogen and oxygen atoms in total. The maximum atomic E-state index is 13.2. The van der Waals surface area contributed by atoms with E-state index in [9.17, 15) is 9.59 Å². The van der Waals surface area contributed by atoms with Gasteiger partial charge in [-0.2, -0.15) is 0 Å². The van der Waals surface area contributed by atoms with Crippen LogP contribution in [-0.2, 0) is 11.2 Å². The van der Waals surface area contributed by atoms with E-state index in [1.807, 2.05) is 30.3 Å². The Bertz CT molecular complexity index is 963. The maximum absolute atomic E-state index is 13.2. The van der Waals surface area contributed by atoms with Crippen molar-refractivity contribution in [1.82, 2.24) is 10.2 Å². The number of methoxy groups -OCH3 is 3. The van der Waals surface area contributed by atoms with Gasteiger partial charge >= 0.3 is 0 Å². The smallest absolute Gasteiger partial charge is 0.260 e. The fourth-order valence-electron chi connectivity index (χ4n) is 3.93. The van der Waals surface area contributed by atoms with Crippen LogP contribution >= 0.6 is 11.8 Å². The van der Waals surface area contributed by atoms with Crippen LogP contribution in [0.1, 0.15) is 26.9 Å². The van der Waals surface area contributed by atoms with Gasteiger partial charge in [-0.15, -0.1) is 11.8 Å². The van der Waals surface area contributed by atoms with Crippen molar-refractivity contribution >= 4 is 23.6 Å². The minimum Gasteiger partial charge on any atom is -0.497 e. The normalized spacial score (nSPS) is 19.3. The first-order chi connectivity index (χ1) is 14.6. The van der Waals surface area contributed by atoms with Gasteiger partial charge in [0.25, 0.3) is 5.91 Å². The Morgan fingerprint density at radius 3 is 2.53 bits per heavy atom. The number of nitrogens with zero attached hydrogens (tertiary/aromatic N) is 1. The van der Waals surface area contributed by atoms with Gasteiger partial charge in [0, 0.05) is 17.9 Å². The van der Waals surface area contributed by atoms with Crippen LogP contribution in [0.3, 0.4) is 0 Å². The van der Waals surface area contributed by atoms with Gasteiger partial charge in [-0.25, -0.2) is 0 Å². The van der Waals surface area contributed by atoms with Gasteiger partial charge in [-0.3, -0.25) is 9.59 Å². The topological polar surface area (TPSA) is 77.1 Å². The fraction of sp³-hybridized carbons (Fsp3) is 0.364. The Morgan fingerprint density at radius 1 is 1.10 bits per heavy atom. The average Bonchev–Trinajstić information content (AvgIpc) is 3.33. The standard InChI is InChI=1S/C22H24N2O5S/c1-27-14-6-4-13(5-7-14)10-11-23-20(25)16-12-30-22-15-8-9-17(28-2)19(29-3)18(15)21(26)24(16)22/h4-9,16,22H,10-12H2,1-3H3,(H,23,25)/t16-,22?/m0/s1. The third-order valence-electron chi connectivity index (χ3n) is 5.47. The van der Waals surface area contributed by atoms with Gasteiger partial charge in [0.15, 0.2) is 11.5 Å². The number of carbonyl (C=O) groups is 2. The molecule has 0 saturated carbocycles. The van der Waals surface area contributed by atoms with Gasteiger partial charge in [-0.05, 0) is 30.2 Å². The molecule has 0 aromatic heterocycles. The van der Waals surface area contributed by atoms with E-state index < -0.39 is 6.04 Å². The lowest BCUT2D eigenvalue weighted by Gasteiger charge is -2.22. The van der Waals surface area contributed by atoms with Crippen molar-refractivity contribution in [3.05, 3.63) is 53.1 Å². The van der Waals surface area contributed by atoms with E-state index in [2.05, 4.69) is 5.32 Å². The van der Waals surface area contributed by atoms with E-state index >= 15 is 0 Å². The first kappa shape index (κ1) is 20.4. The van der Waals surface area contributed by atoms with E-state index in [4.69, 9.17) is 14.2 Å². The predicted molar refractivity (Wildman–Crippen MR) is 114 cm³/mol. The van der Waals surface area contributed by atoms with Crippen molar-refractivity contribution in [1.29, 1.82) is 0 Å². The molecule has 0 radical (unpaired) electrons. The molecule has 2 heterocycles. The highest BCUT2D eigenvalue weighted by Gasteiger charge is 2.50. The number of hydrogen-bond donors (Lipinski definition) is 1. The van der Waals surface area contributed by atoms with Gasteiger partial charge < -0.3 is 24.4 Å². The monoisotopic (exact) mass is 428 g/mol. The minimum atomic E-state index is -0.508. The summed E-state index contributed by atoms with van der Waals surface area (Å²) in [6.45, 7) is 0.503. The highest BCUT2D eigenvalue weighted by Crippen LogP contribution is 2.52. The molecule has 2 aromatic carbocycles. The van der Waals surface area contributed by atoms with Crippen LogP contribution in [0.15, 0.2) is 36.4 Å². The van der Waals surface area contributed by atoms with Crippen molar-refractivity contribution in [2.24, 2.45) is 0 Å². The zero-order valence-electron chi connectivity index (χ0n) is 17.1. The molecule has 2 aromatic rings. The molecule has 8 heteroatoms. The largest absolute Gasteiger partial charge is 0.497 e. The van der Waals surface area contributed by atoms with E-state index in [0.29, 0.717) is 35.8 Å². The first-order valence-corrected chi connectivity index (χ1v) is 10.7. The van der Waals surface area contributed by atoms with Crippen LogP contribution in [0.4, 0.5) is 0 Å². The lowest BCUT2D eigenvalue weighted by Crippen LogP contribution is -2.46. The number of ether oxygens (including phenoxy) is 3. The molecule has 1 fully saturated rings. The molecule has 0 aliphatic carbocycles. The Kier molecular flexibility index (Phi) is 5.76. The fourth-order valence-corrected chi connectivity index (χ4v) is 5.39. The van der Waals surface area contributed by atoms with E-state index in [1.165, 1.54) is 7.11 Å². The maximum Gasteiger partial charge on any atom is 0.260 e. The number of rotatable bonds is 7. The van der Waals surface area contributed by atoms with Crippen molar-refractivity contribution in [2.45, 2.75) is 17.8 Å². The van der Waals surface area contributed by atoms with Gasteiger partial charge in [-0.1, -0.05) is 18.2 Å². The summed E-state index contributed by atoms with van der Waals surface area (Å²) < 4.78 is 15.9. The van der Waals surface area contributed by atoms with Gasteiger partial charge in [0.05, 0.1) is 26.9 Å². The second-order valence-corrected chi connectivity index (χ2v) is 8.18. The summed E-state index contributed by atoms with van der Waals surface area (Å²) in [4.78, 5) is 27.7. The Morgan fingerprint density at radius 2 is 1.87 bits per heavy atom. The zero-order valence-corrected chi connectivity index (χ0v) is 18.0. The minimum absolute atomic E-state index is 0.134. The van der Waals surface area contributed by atoms with Crippen molar-refractivity contribution in [3.63, 3.8) is 0 Å². The number of carbonyl (C=O) groups excluding carboxylic acids is 2. The van der Waals surface area contributed by atoms with Crippen molar-refractivity contribution in [2.75, 3.05) is 33.6 Å². The highest BCUT2D eigenvalue weighted by atomic mass is 32.2. The van der Waals surface area contributed by atoms with Crippen LogP contribution in [0, 0.1) is 0 Å². The molecule has 2 atom stereocenters. The molecule has 2 amide bonds. The summed E-state index contributed by atoms with van der Waals surface area (Å²) in [7, 11) is 4.69. The Hall–Kier alpha value is -2.87. The molecule has 0 spiro atoms. The molecular formula is C22H24N2O5S. The van der Waals surface area contributed by atoms with E-state index in [0.717, 1.165) is 16.9 Å². The molecule has 30 heavy (non-hydrogen) atoms. The summed E-state index contributed by atoms with van der Waals surface area (Å²) in [5, 5.41) is 2.80. The molecule has 1 N–H and O–H groups in total. The van der Waals surface area contributed by atoms with Crippen LogP contribution in [0.5, 0.6) is 17.2 Å². The second-order valence-electron chi connectivity index (χ2n) is 7.07. The number of amides is 2. The summed E-state index contributed by atoms with van der Waals surface area (Å²) >= 11 is 1.60. The molecule has 1 saturated heterocycles. The second kappa shape index (κ2) is 8.47. The zero-order chi connectivity index (χ0) is 21.3. The van der Waals surface area contributed by atoms with Crippen LogP contribution in [0.25, 0.3) is 0 Å². The third kappa shape index (κ3) is 3.45. The van der Waals surface area contributed by atoms with Gasteiger partial charge in [0.2, 0.25) is 5.91 Å². The molecule has 2 aliphatic rings. The summed E-state index contributed by atoms with van der Waals surface area (Å²) in [6.07, 6.45) is 0.707. The van der Waals surface area contributed by atoms with E-state index in [1.54, 1.807) is 36.9 Å². The predicted octanol–water partition coefficient (Wildman–Crippen LogP) is 2.64. The van der Waals surface area contributed by atoms with E-state index in [-0.39, 0.29) is 17.2 Å². The quantitative estimate of drug-likeness (QED) is 0.731. The molecular weight excluding hydrogens is 404 g/mol. The SMILES string of the molecule is COc1ccc(CCNC(=O)[C@@H]2CSC3c4ccc(OC)c(OC)c4C(=O)N32)cc1. The third-order valence-corrected chi connectivity index (χ3v) is 6.77. The highest BCUT2D eigenvalue weighted by molar-refractivity contribution is 7.99.